The number of halogens is 1. The van der Waals surface area contributed by atoms with Crippen LogP contribution in [0.15, 0.2) is 28.8 Å². The number of benzene rings is 1. The second-order valence-electron chi connectivity index (χ2n) is 6.13. The van der Waals surface area contributed by atoms with E-state index in [0.717, 1.165) is 12.0 Å². The molecular weight excluding hydrogens is 274 g/mol. The maximum absolute atomic E-state index is 6.14. The molecule has 2 aromatic rings. The van der Waals surface area contributed by atoms with Crippen LogP contribution in [0.1, 0.15) is 39.0 Å². The molecule has 0 bridgehead atoms. The van der Waals surface area contributed by atoms with Crippen LogP contribution in [0.4, 0.5) is 0 Å². The van der Waals surface area contributed by atoms with Gasteiger partial charge in [-0.15, -0.1) is 0 Å². The molecule has 108 valence electrons. The molecule has 0 spiro atoms. The Morgan fingerprint density at radius 1 is 1.30 bits per heavy atom. The minimum absolute atomic E-state index is 0.0683. The van der Waals surface area contributed by atoms with Gasteiger partial charge in [-0.05, 0) is 24.0 Å². The van der Waals surface area contributed by atoms with E-state index < -0.39 is 0 Å². The smallest absolute Gasteiger partial charge is 0.231 e. The first-order valence-electron chi connectivity index (χ1n) is 6.69. The Labute approximate surface area is 124 Å². The van der Waals surface area contributed by atoms with Gasteiger partial charge in [0.2, 0.25) is 11.7 Å². The zero-order chi connectivity index (χ0) is 14.8. The highest BCUT2D eigenvalue weighted by Gasteiger charge is 2.24. The third-order valence-corrected chi connectivity index (χ3v) is 3.38. The first-order chi connectivity index (χ1) is 9.40. The highest BCUT2D eigenvalue weighted by molar-refractivity contribution is 6.33. The molecule has 20 heavy (non-hydrogen) atoms. The topological polar surface area (TPSA) is 64.9 Å². The molecule has 4 nitrogen and oxygen atoms in total. The number of rotatable bonds is 4. The second kappa shape index (κ2) is 5.94. The molecule has 0 aliphatic rings. The summed E-state index contributed by atoms with van der Waals surface area (Å²) in [7, 11) is 0. The van der Waals surface area contributed by atoms with Crippen molar-refractivity contribution in [1.82, 2.24) is 10.1 Å². The van der Waals surface area contributed by atoms with Gasteiger partial charge in [-0.3, -0.25) is 0 Å². The van der Waals surface area contributed by atoms with E-state index in [0.29, 0.717) is 23.3 Å². The van der Waals surface area contributed by atoms with E-state index in [1.165, 1.54) is 0 Å². The van der Waals surface area contributed by atoms with Crippen molar-refractivity contribution in [2.45, 2.75) is 33.1 Å². The molecule has 0 fully saturated rings. The lowest BCUT2D eigenvalue weighted by Crippen LogP contribution is -2.19. The summed E-state index contributed by atoms with van der Waals surface area (Å²) in [5.74, 6) is 1.16. The Morgan fingerprint density at radius 2 is 2.00 bits per heavy atom. The fourth-order valence-corrected chi connectivity index (χ4v) is 2.38. The number of aromatic nitrogens is 2. The molecule has 0 amide bonds. The van der Waals surface area contributed by atoms with Crippen LogP contribution in [-0.4, -0.2) is 16.7 Å². The van der Waals surface area contributed by atoms with E-state index in [-0.39, 0.29) is 11.3 Å². The molecule has 5 heteroatoms. The minimum atomic E-state index is 0.0683. The van der Waals surface area contributed by atoms with Gasteiger partial charge in [0.15, 0.2) is 0 Å². The van der Waals surface area contributed by atoms with Gasteiger partial charge in [-0.25, -0.2) is 0 Å². The van der Waals surface area contributed by atoms with E-state index in [2.05, 4.69) is 30.9 Å². The predicted molar refractivity (Wildman–Crippen MR) is 80.6 cm³/mol. The molecule has 0 aliphatic carbocycles. The molecular formula is C15H20ClN3O. The lowest BCUT2D eigenvalue weighted by Gasteiger charge is -2.22. The van der Waals surface area contributed by atoms with E-state index in [1.54, 1.807) is 0 Å². The highest BCUT2D eigenvalue weighted by Crippen LogP contribution is 2.31. The van der Waals surface area contributed by atoms with Gasteiger partial charge in [0.05, 0.1) is 10.9 Å². The van der Waals surface area contributed by atoms with Gasteiger partial charge < -0.3 is 10.3 Å². The summed E-state index contributed by atoms with van der Waals surface area (Å²) in [5.41, 5.74) is 6.77. The molecule has 0 aliphatic heterocycles. The van der Waals surface area contributed by atoms with Crippen molar-refractivity contribution in [3.05, 3.63) is 35.2 Å². The number of hydrogen-bond acceptors (Lipinski definition) is 4. The third kappa shape index (κ3) is 3.58. The van der Waals surface area contributed by atoms with Crippen molar-refractivity contribution in [3.8, 4) is 11.4 Å². The van der Waals surface area contributed by atoms with Crippen molar-refractivity contribution >= 4 is 11.6 Å². The Hall–Kier alpha value is -1.39. The first-order valence-corrected chi connectivity index (χ1v) is 7.07. The summed E-state index contributed by atoms with van der Waals surface area (Å²) < 4.78 is 5.37. The Balaban J connectivity index is 2.26. The van der Waals surface area contributed by atoms with Gasteiger partial charge in [0, 0.05) is 12.1 Å². The highest BCUT2D eigenvalue weighted by atomic mass is 35.5. The average molecular weight is 294 g/mol. The van der Waals surface area contributed by atoms with Crippen LogP contribution in [0.2, 0.25) is 5.02 Å². The average Bonchev–Trinajstić information content (AvgIpc) is 2.84. The third-order valence-electron chi connectivity index (χ3n) is 3.05. The number of hydrogen-bond donors (Lipinski definition) is 1. The zero-order valence-electron chi connectivity index (χ0n) is 12.1. The fourth-order valence-electron chi connectivity index (χ4n) is 2.16. The van der Waals surface area contributed by atoms with Gasteiger partial charge in [-0.2, -0.15) is 4.98 Å². The van der Waals surface area contributed by atoms with E-state index in [4.69, 9.17) is 21.9 Å². The molecule has 0 radical (unpaired) electrons. The van der Waals surface area contributed by atoms with Crippen LogP contribution < -0.4 is 5.73 Å². The van der Waals surface area contributed by atoms with Gasteiger partial charge in [0.1, 0.15) is 0 Å². The van der Waals surface area contributed by atoms with Crippen molar-refractivity contribution in [2.75, 3.05) is 6.54 Å². The lowest BCUT2D eigenvalue weighted by molar-refractivity contribution is 0.287. The molecule has 1 aromatic carbocycles. The molecule has 0 saturated carbocycles. The van der Waals surface area contributed by atoms with Crippen molar-refractivity contribution in [2.24, 2.45) is 11.1 Å². The van der Waals surface area contributed by atoms with Crippen LogP contribution in [0, 0.1) is 5.41 Å². The van der Waals surface area contributed by atoms with Crippen LogP contribution in [0.5, 0.6) is 0 Å². The fraction of sp³-hybridized carbons (Fsp3) is 0.467. The van der Waals surface area contributed by atoms with Gasteiger partial charge in [0.25, 0.3) is 0 Å². The lowest BCUT2D eigenvalue weighted by atomic mass is 9.84. The quantitative estimate of drug-likeness (QED) is 0.929. The summed E-state index contributed by atoms with van der Waals surface area (Å²) in [5, 5.41) is 4.63. The van der Waals surface area contributed by atoms with E-state index in [9.17, 15) is 0 Å². The molecule has 0 saturated heterocycles. The van der Waals surface area contributed by atoms with Crippen molar-refractivity contribution < 1.29 is 4.52 Å². The van der Waals surface area contributed by atoms with Crippen molar-refractivity contribution in [1.29, 1.82) is 0 Å². The van der Waals surface area contributed by atoms with E-state index in [1.807, 2.05) is 24.3 Å². The maximum atomic E-state index is 6.14. The monoisotopic (exact) mass is 293 g/mol. The van der Waals surface area contributed by atoms with Crippen LogP contribution in [-0.2, 0) is 0 Å². The van der Waals surface area contributed by atoms with E-state index >= 15 is 0 Å². The molecule has 1 aromatic heterocycles. The SMILES string of the molecule is CC(C)(C)CC(CN)c1nc(-c2ccccc2Cl)no1. The molecule has 1 atom stereocenters. The summed E-state index contributed by atoms with van der Waals surface area (Å²) >= 11 is 6.14. The van der Waals surface area contributed by atoms with Crippen LogP contribution in [0.25, 0.3) is 11.4 Å². The normalized spacial score (nSPS) is 13.4. The summed E-state index contributed by atoms with van der Waals surface area (Å²) in [4.78, 5) is 4.45. The molecule has 2 rings (SSSR count). The summed E-state index contributed by atoms with van der Waals surface area (Å²) in [6, 6.07) is 7.45. The summed E-state index contributed by atoms with van der Waals surface area (Å²) in [6.45, 7) is 6.99. The largest absolute Gasteiger partial charge is 0.339 e. The van der Waals surface area contributed by atoms with Gasteiger partial charge in [-0.1, -0.05) is 49.7 Å². The minimum Gasteiger partial charge on any atom is -0.339 e. The van der Waals surface area contributed by atoms with Gasteiger partial charge >= 0.3 is 0 Å². The van der Waals surface area contributed by atoms with Crippen LogP contribution >= 0.6 is 11.6 Å². The maximum Gasteiger partial charge on any atom is 0.231 e. The Kier molecular flexibility index (Phi) is 4.45. The molecule has 1 heterocycles. The Morgan fingerprint density at radius 3 is 2.60 bits per heavy atom. The van der Waals surface area contributed by atoms with Crippen LogP contribution in [0.3, 0.4) is 0 Å². The zero-order valence-corrected chi connectivity index (χ0v) is 12.8. The van der Waals surface area contributed by atoms with Crippen molar-refractivity contribution in [3.63, 3.8) is 0 Å². The molecule has 2 N–H and O–H groups in total. The summed E-state index contributed by atoms with van der Waals surface area (Å²) in [6.07, 6.45) is 0.896. The number of nitrogens with zero attached hydrogens (tertiary/aromatic N) is 2. The predicted octanol–water partition coefficient (Wildman–Crippen LogP) is 3.87. The Bertz CT molecular complexity index is 574. The molecule has 1 unspecified atom stereocenters. The standard InChI is InChI=1S/C15H20ClN3O/c1-15(2,3)8-10(9-17)14-18-13(19-20-14)11-6-4-5-7-12(11)16/h4-7,10H,8-9,17H2,1-3H3. The number of nitrogens with two attached hydrogens (primary N) is 1. The second-order valence-corrected chi connectivity index (χ2v) is 6.54. The first kappa shape index (κ1) is 15.0.